The number of rotatable bonds is 11. The summed E-state index contributed by atoms with van der Waals surface area (Å²) in [4.78, 5) is 28.0. The number of amides is 2. The second-order valence-electron chi connectivity index (χ2n) is 10.1. The fraction of sp³-hybridized carbons (Fsp3) is 0.333. The highest BCUT2D eigenvalue weighted by Gasteiger charge is 2.37. The second kappa shape index (κ2) is 14.0. The Morgan fingerprint density at radius 2 is 1.58 bits per heavy atom. The van der Waals surface area contributed by atoms with E-state index < -0.39 is 56.9 Å². The molecule has 0 saturated carbocycles. The second-order valence-corrected chi connectivity index (χ2v) is 12.8. The van der Waals surface area contributed by atoms with E-state index >= 15 is 0 Å². The van der Waals surface area contributed by atoms with E-state index in [9.17, 15) is 31.2 Å². The van der Waals surface area contributed by atoms with Gasteiger partial charge < -0.3 is 10.2 Å². The zero-order valence-corrected chi connectivity index (χ0v) is 26.3. The Balaban J connectivity index is 2.13. The van der Waals surface area contributed by atoms with Crippen molar-refractivity contribution in [2.45, 2.75) is 63.8 Å². The van der Waals surface area contributed by atoms with Crippen molar-refractivity contribution in [2.75, 3.05) is 10.8 Å². The predicted octanol–water partition coefficient (Wildman–Crippen LogP) is 6.85. The van der Waals surface area contributed by atoms with Crippen LogP contribution in [0.4, 0.5) is 18.9 Å². The van der Waals surface area contributed by atoms with Crippen LogP contribution in [0.1, 0.15) is 43.9 Å². The maximum absolute atomic E-state index is 14.0. The van der Waals surface area contributed by atoms with Crippen molar-refractivity contribution < 1.29 is 31.2 Å². The minimum Gasteiger partial charge on any atom is -0.352 e. The summed E-state index contributed by atoms with van der Waals surface area (Å²) in [5.74, 6) is -1.33. The minimum absolute atomic E-state index is 0.166. The van der Waals surface area contributed by atoms with Gasteiger partial charge >= 0.3 is 6.18 Å². The summed E-state index contributed by atoms with van der Waals surface area (Å²) in [5.41, 5.74) is -0.462. The average molecular weight is 659 g/mol. The molecule has 0 aliphatic rings. The third-order valence-electron chi connectivity index (χ3n) is 6.90. The number of halogens is 5. The van der Waals surface area contributed by atoms with E-state index in [1.54, 1.807) is 38.1 Å². The van der Waals surface area contributed by atoms with Crippen LogP contribution < -0.4 is 9.62 Å². The molecule has 2 atom stereocenters. The number of nitrogens with zero attached hydrogens (tertiary/aromatic N) is 2. The molecule has 0 unspecified atom stereocenters. The topological polar surface area (TPSA) is 86.8 Å². The molecular weight excluding hydrogens is 626 g/mol. The molecular formula is C30H32Cl2F3N3O4S. The highest BCUT2D eigenvalue weighted by atomic mass is 35.5. The van der Waals surface area contributed by atoms with Crippen LogP contribution in [0.5, 0.6) is 0 Å². The van der Waals surface area contributed by atoms with Gasteiger partial charge in [0, 0.05) is 17.6 Å². The van der Waals surface area contributed by atoms with E-state index in [2.05, 4.69) is 5.32 Å². The van der Waals surface area contributed by atoms with Crippen LogP contribution in [0, 0.1) is 6.92 Å². The van der Waals surface area contributed by atoms with E-state index in [4.69, 9.17) is 23.2 Å². The highest BCUT2D eigenvalue weighted by Crippen LogP contribution is 2.38. The lowest BCUT2D eigenvalue weighted by atomic mass is 10.1. The predicted molar refractivity (Wildman–Crippen MR) is 162 cm³/mol. The lowest BCUT2D eigenvalue weighted by Gasteiger charge is -2.32. The van der Waals surface area contributed by atoms with E-state index in [1.807, 2.05) is 6.92 Å². The molecule has 232 valence electrons. The van der Waals surface area contributed by atoms with E-state index in [-0.39, 0.29) is 17.5 Å². The zero-order valence-electron chi connectivity index (χ0n) is 24.0. The third kappa shape index (κ3) is 8.43. The van der Waals surface area contributed by atoms with E-state index in [1.165, 1.54) is 31.2 Å². The highest BCUT2D eigenvalue weighted by molar-refractivity contribution is 7.92. The molecule has 0 aliphatic heterocycles. The largest absolute Gasteiger partial charge is 0.417 e. The molecule has 0 spiro atoms. The molecule has 1 N–H and O–H groups in total. The molecule has 13 heteroatoms. The first-order valence-corrected chi connectivity index (χ1v) is 15.5. The van der Waals surface area contributed by atoms with Crippen molar-refractivity contribution in [1.82, 2.24) is 10.2 Å². The quantitative estimate of drug-likeness (QED) is 0.244. The Morgan fingerprint density at radius 1 is 0.953 bits per heavy atom. The van der Waals surface area contributed by atoms with E-state index in [0.717, 1.165) is 22.6 Å². The van der Waals surface area contributed by atoms with Crippen LogP contribution in [-0.4, -0.2) is 43.8 Å². The van der Waals surface area contributed by atoms with Gasteiger partial charge in [0.25, 0.3) is 10.0 Å². The van der Waals surface area contributed by atoms with Crippen LogP contribution >= 0.6 is 23.2 Å². The number of hydrogen-bond donors (Lipinski definition) is 1. The molecule has 0 fully saturated rings. The fourth-order valence-corrected chi connectivity index (χ4v) is 5.94. The van der Waals surface area contributed by atoms with Gasteiger partial charge in [-0.25, -0.2) is 8.42 Å². The lowest BCUT2D eigenvalue weighted by Crippen LogP contribution is -2.52. The molecule has 7 nitrogen and oxygen atoms in total. The van der Waals surface area contributed by atoms with Gasteiger partial charge in [-0.15, -0.1) is 0 Å². The number of carbonyl (C=O) groups is 2. The van der Waals surface area contributed by atoms with Gasteiger partial charge in [0.2, 0.25) is 11.8 Å². The number of hydrogen-bond acceptors (Lipinski definition) is 4. The number of carbonyl (C=O) groups excluding carboxylic acids is 2. The Morgan fingerprint density at radius 3 is 2.16 bits per heavy atom. The SMILES string of the molecule is CC[C@H](C)NC(=O)[C@H](C)N(Cc1ccccc1Cl)C(=O)CN(c1ccc(Cl)c(C(F)(F)F)c1)S(=O)(=O)c1ccc(C)cc1. The van der Waals surface area contributed by atoms with Gasteiger partial charge in [-0.3, -0.25) is 13.9 Å². The van der Waals surface area contributed by atoms with Crippen LogP contribution in [0.2, 0.25) is 10.0 Å². The normalized spacial score (nSPS) is 13.2. The van der Waals surface area contributed by atoms with Gasteiger partial charge in [0.15, 0.2) is 0 Å². The summed E-state index contributed by atoms with van der Waals surface area (Å²) in [5, 5.41) is 2.48. The van der Waals surface area contributed by atoms with Gasteiger partial charge in [-0.2, -0.15) is 13.2 Å². The smallest absolute Gasteiger partial charge is 0.352 e. The molecule has 0 saturated heterocycles. The standard InChI is InChI=1S/C30H32Cl2F3N3O4S/c1-5-20(3)36-29(40)21(4)37(17-22-8-6-7-9-26(22)31)28(39)18-38(43(41,42)24-13-10-19(2)11-14-24)23-12-15-27(32)25(16-23)30(33,34)35/h6-16,20-21H,5,17-18H2,1-4H3,(H,36,40)/t20-,21-/m0/s1. The number of anilines is 1. The molecule has 0 heterocycles. The van der Waals surface area contributed by atoms with Gasteiger partial charge in [-0.05, 0) is 69.2 Å². The molecule has 3 rings (SSSR count). The molecule has 0 radical (unpaired) electrons. The molecule has 3 aromatic carbocycles. The maximum atomic E-state index is 14.0. The first kappa shape index (κ1) is 34.2. The summed E-state index contributed by atoms with van der Waals surface area (Å²) in [6.45, 7) is 5.80. The Hall–Kier alpha value is -3.28. The summed E-state index contributed by atoms with van der Waals surface area (Å²) < 4.78 is 69.7. The maximum Gasteiger partial charge on any atom is 0.417 e. The van der Waals surface area contributed by atoms with Crippen molar-refractivity contribution >= 4 is 50.7 Å². The lowest BCUT2D eigenvalue weighted by molar-refractivity contribution is -0.139. The summed E-state index contributed by atoms with van der Waals surface area (Å²) >= 11 is 12.1. The number of nitrogens with one attached hydrogen (secondary N) is 1. The van der Waals surface area contributed by atoms with Crippen molar-refractivity contribution in [2.24, 2.45) is 0 Å². The van der Waals surface area contributed by atoms with Gasteiger partial charge in [0.05, 0.1) is 21.2 Å². The minimum atomic E-state index is -4.89. The average Bonchev–Trinajstić information content (AvgIpc) is 2.94. The summed E-state index contributed by atoms with van der Waals surface area (Å²) in [7, 11) is -4.58. The number of benzene rings is 3. The Bertz CT molecular complexity index is 1570. The molecule has 3 aromatic rings. The molecule has 2 amide bonds. The number of alkyl halides is 3. The summed E-state index contributed by atoms with van der Waals surface area (Å²) in [6, 6.07) is 13.6. The van der Waals surface area contributed by atoms with E-state index in [0.29, 0.717) is 27.4 Å². The first-order chi connectivity index (χ1) is 20.1. The molecule has 0 bridgehead atoms. The van der Waals surface area contributed by atoms with Crippen LogP contribution in [-0.2, 0) is 32.3 Å². The zero-order chi connectivity index (χ0) is 32.1. The molecule has 0 aromatic heterocycles. The fourth-order valence-electron chi connectivity index (χ4n) is 4.11. The molecule has 43 heavy (non-hydrogen) atoms. The monoisotopic (exact) mass is 657 g/mol. The third-order valence-corrected chi connectivity index (χ3v) is 9.38. The Kier molecular flexibility index (Phi) is 11.1. The van der Waals surface area contributed by atoms with Crippen molar-refractivity contribution in [3.05, 3.63) is 93.5 Å². The van der Waals surface area contributed by atoms with Crippen molar-refractivity contribution in [3.8, 4) is 0 Å². The van der Waals surface area contributed by atoms with Crippen LogP contribution in [0.15, 0.2) is 71.6 Å². The van der Waals surface area contributed by atoms with Gasteiger partial charge in [0.1, 0.15) is 12.6 Å². The molecule has 0 aliphatic carbocycles. The summed E-state index contributed by atoms with van der Waals surface area (Å²) in [6.07, 6.45) is -4.27. The first-order valence-electron chi connectivity index (χ1n) is 13.4. The number of aryl methyl sites for hydroxylation is 1. The van der Waals surface area contributed by atoms with Crippen LogP contribution in [0.25, 0.3) is 0 Å². The number of sulfonamides is 1. The van der Waals surface area contributed by atoms with Crippen molar-refractivity contribution in [3.63, 3.8) is 0 Å². The van der Waals surface area contributed by atoms with Gasteiger partial charge in [-0.1, -0.05) is 66.0 Å². The van der Waals surface area contributed by atoms with Crippen LogP contribution in [0.3, 0.4) is 0 Å². The Labute approximate surface area is 259 Å². The van der Waals surface area contributed by atoms with Crippen molar-refractivity contribution in [1.29, 1.82) is 0 Å².